The van der Waals surface area contributed by atoms with Gasteiger partial charge in [0.2, 0.25) is 5.91 Å². The molecule has 0 aliphatic heterocycles. The van der Waals surface area contributed by atoms with Crippen LogP contribution in [-0.2, 0) is 4.79 Å². The molecule has 0 bridgehead atoms. The van der Waals surface area contributed by atoms with E-state index in [9.17, 15) is 9.18 Å². The molecule has 4 nitrogen and oxygen atoms in total. The molecule has 1 aliphatic carbocycles. The van der Waals surface area contributed by atoms with Crippen LogP contribution in [0.4, 0.5) is 4.39 Å². The second-order valence-corrected chi connectivity index (χ2v) is 8.52. The van der Waals surface area contributed by atoms with Crippen LogP contribution in [-0.4, -0.2) is 22.0 Å². The van der Waals surface area contributed by atoms with Crippen LogP contribution < -0.4 is 0 Å². The molecule has 1 saturated carbocycles. The van der Waals surface area contributed by atoms with E-state index in [2.05, 4.69) is 23.9 Å². The highest BCUT2D eigenvalue weighted by molar-refractivity contribution is 5.84. The second kappa shape index (κ2) is 9.10. The number of halogens is 1. The summed E-state index contributed by atoms with van der Waals surface area (Å²) in [5, 5.41) is 4.04. The van der Waals surface area contributed by atoms with Crippen molar-refractivity contribution in [1.82, 2.24) is 10.1 Å². The van der Waals surface area contributed by atoms with E-state index >= 15 is 0 Å². The molecule has 2 aromatic rings. The third-order valence-corrected chi connectivity index (χ3v) is 6.70. The van der Waals surface area contributed by atoms with E-state index in [4.69, 9.17) is 4.52 Å². The van der Waals surface area contributed by atoms with Gasteiger partial charge in [0.1, 0.15) is 11.6 Å². The minimum atomic E-state index is -0.326. The lowest BCUT2D eigenvalue weighted by molar-refractivity contribution is -0.138. The van der Waals surface area contributed by atoms with E-state index < -0.39 is 0 Å². The van der Waals surface area contributed by atoms with Crippen molar-refractivity contribution in [2.45, 2.75) is 84.7 Å². The number of hydrogen-bond donors (Lipinski definition) is 0. The lowest BCUT2D eigenvalue weighted by atomic mass is 9.82. The molecule has 158 valence electrons. The van der Waals surface area contributed by atoms with Crippen molar-refractivity contribution in [3.63, 3.8) is 0 Å². The van der Waals surface area contributed by atoms with Gasteiger partial charge in [-0.3, -0.25) is 4.79 Å². The predicted molar refractivity (Wildman–Crippen MR) is 112 cm³/mol. The summed E-state index contributed by atoms with van der Waals surface area (Å²) in [5.74, 6) is 0.965. The number of carbonyl (C=O) groups excluding carboxylic acids is 1. The maximum absolute atomic E-state index is 13.8. The molecule has 1 aliphatic rings. The lowest BCUT2D eigenvalue weighted by Crippen LogP contribution is -2.45. The van der Waals surface area contributed by atoms with E-state index in [1.54, 1.807) is 12.1 Å². The highest BCUT2D eigenvalue weighted by atomic mass is 19.1. The Morgan fingerprint density at radius 1 is 1.17 bits per heavy atom. The molecule has 2 atom stereocenters. The van der Waals surface area contributed by atoms with Gasteiger partial charge < -0.3 is 9.42 Å². The molecular weight excluding hydrogens is 367 g/mol. The van der Waals surface area contributed by atoms with Crippen LogP contribution in [0.3, 0.4) is 0 Å². The predicted octanol–water partition coefficient (Wildman–Crippen LogP) is 6.09. The minimum absolute atomic E-state index is 0.0937. The average molecular weight is 401 g/mol. The standard InChI is InChI=1S/C24H33FN2O2/c1-6-19-7-13-22(14-8-19)27(17(4)20-9-11-21(25)12-10-20)24(28)15(2)23-16(3)26-29-18(23)5/h9-12,15,17,19,22H,6-8,13-14H2,1-5H3. The third kappa shape index (κ3) is 4.54. The van der Waals surface area contributed by atoms with Crippen molar-refractivity contribution in [3.8, 4) is 0 Å². The first-order valence-corrected chi connectivity index (χ1v) is 10.8. The molecule has 0 spiro atoms. The van der Waals surface area contributed by atoms with Crippen molar-refractivity contribution in [3.05, 3.63) is 52.7 Å². The van der Waals surface area contributed by atoms with E-state index in [0.29, 0.717) is 5.76 Å². The summed E-state index contributed by atoms with van der Waals surface area (Å²) in [6.45, 7) is 9.98. The summed E-state index contributed by atoms with van der Waals surface area (Å²) in [5.41, 5.74) is 2.62. The number of aryl methyl sites for hydroxylation is 2. The van der Waals surface area contributed by atoms with E-state index in [1.165, 1.54) is 18.6 Å². The smallest absolute Gasteiger partial charge is 0.230 e. The molecule has 3 rings (SSSR count). The normalized spacial score (nSPS) is 21.6. The summed E-state index contributed by atoms with van der Waals surface area (Å²) < 4.78 is 18.8. The van der Waals surface area contributed by atoms with E-state index in [-0.39, 0.29) is 29.7 Å². The zero-order valence-electron chi connectivity index (χ0n) is 18.2. The Morgan fingerprint density at radius 2 is 1.79 bits per heavy atom. The molecule has 5 heteroatoms. The number of nitrogens with zero attached hydrogens (tertiary/aromatic N) is 2. The Hall–Kier alpha value is -2.17. The molecule has 2 unspecified atom stereocenters. The molecule has 1 amide bonds. The van der Waals surface area contributed by atoms with Crippen molar-refractivity contribution >= 4 is 5.91 Å². The van der Waals surface area contributed by atoms with Crippen LogP contribution >= 0.6 is 0 Å². The fourth-order valence-electron chi connectivity index (χ4n) is 4.88. The number of aromatic nitrogens is 1. The molecule has 0 N–H and O–H groups in total. The van der Waals surface area contributed by atoms with Crippen LogP contribution in [0.1, 0.15) is 87.4 Å². The lowest BCUT2D eigenvalue weighted by Gasteiger charge is -2.42. The summed E-state index contributed by atoms with van der Waals surface area (Å²) in [6.07, 6.45) is 5.54. The van der Waals surface area contributed by atoms with Gasteiger partial charge in [0.25, 0.3) is 0 Å². The van der Waals surface area contributed by atoms with Crippen molar-refractivity contribution in [2.24, 2.45) is 5.92 Å². The van der Waals surface area contributed by atoms with Gasteiger partial charge in [-0.25, -0.2) is 4.39 Å². The quantitative estimate of drug-likeness (QED) is 0.589. The van der Waals surface area contributed by atoms with Crippen LogP contribution in [0, 0.1) is 25.6 Å². The number of hydrogen-bond acceptors (Lipinski definition) is 3. The SMILES string of the molecule is CCC1CCC(N(C(=O)C(C)c2c(C)noc2C)C(C)c2ccc(F)cc2)CC1. The van der Waals surface area contributed by atoms with Crippen LogP contribution in [0.2, 0.25) is 0 Å². The summed E-state index contributed by atoms with van der Waals surface area (Å²) in [7, 11) is 0. The highest BCUT2D eigenvalue weighted by Crippen LogP contribution is 2.37. The second-order valence-electron chi connectivity index (χ2n) is 8.52. The van der Waals surface area contributed by atoms with Gasteiger partial charge >= 0.3 is 0 Å². The van der Waals surface area contributed by atoms with Crippen LogP contribution in [0.15, 0.2) is 28.8 Å². The first-order chi connectivity index (χ1) is 13.8. The number of benzene rings is 1. The van der Waals surface area contributed by atoms with Crippen molar-refractivity contribution in [2.75, 3.05) is 0 Å². The molecule has 1 heterocycles. The molecule has 29 heavy (non-hydrogen) atoms. The number of amides is 1. The van der Waals surface area contributed by atoms with E-state index in [1.807, 2.05) is 20.8 Å². The first kappa shape index (κ1) is 21.5. The van der Waals surface area contributed by atoms with Gasteiger partial charge in [0, 0.05) is 11.6 Å². The molecule has 1 aromatic heterocycles. The molecular formula is C24H33FN2O2. The fraction of sp³-hybridized carbons (Fsp3) is 0.583. The molecule has 1 aromatic carbocycles. The molecule has 0 saturated heterocycles. The number of carbonyl (C=O) groups is 1. The van der Waals surface area contributed by atoms with Crippen molar-refractivity contribution < 1.29 is 13.7 Å². The summed E-state index contributed by atoms with van der Waals surface area (Å²) in [6, 6.07) is 6.61. The number of rotatable bonds is 6. The Bertz CT molecular complexity index is 802. The van der Waals surface area contributed by atoms with Gasteiger partial charge in [0.05, 0.1) is 17.7 Å². The molecule has 0 radical (unpaired) electrons. The van der Waals surface area contributed by atoms with E-state index in [0.717, 1.165) is 48.4 Å². The summed E-state index contributed by atoms with van der Waals surface area (Å²) in [4.78, 5) is 15.8. The highest BCUT2D eigenvalue weighted by Gasteiger charge is 2.36. The summed E-state index contributed by atoms with van der Waals surface area (Å²) >= 11 is 0. The topological polar surface area (TPSA) is 46.3 Å². The maximum Gasteiger partial charge on any atom is 0.230 e. The monoisotopic (exact) mass is 400 g/mol. The van der Waals surface area contributed by atoms with Crippen molar-refractivity contribution in [1.29, 1.82) is 0 Å². The minimum Gasteiger partial charge on any atom is -0.361 e. The zero-order valence-corrected chi connectivity index (χ0v) is 18.2. The third-order valence-electron chi connectivity index (χ3n) is 6.70. The Morgan fingerprint density at radius 3 is 2.31 bits per heavy atom. The zero-order chi connectivity index (χ0) is 21.1. The fourth-order valence-corrected chi connectivity index (χ4v) is 4.88. The largest absolute Gasteiger partial charge is 0.361 e. The van der Waals surface area contributed by atoms with Gasteiger partial charge in [0.15, 0.2) is 0 Å². The Balaban J connectivity index is 1.91. The first-order valence-electron chi connectivity index (χ1n) is 10.8. The molecule has 1 fully saturated rings. The van der Waals surface area contributed by atoms with Crippen LogP contribution in [0.25, 0.3) is 0 Å². The maximum atomic E-state index is 13.8. The van der Waals surface area contributed by atoms with Crippen LogP contribution in [0.5, 0.6) is 0 Å². The van der Waals surface area contributed by atoms with Gasteiger partial charge in [-0.05, 0) is 77.0 Å². The van der Waals surface area contributed by atoms with Gasteiger partial charge in [-0.15, -0.1) is 0 Å². The van der Waals surface area contributed by atoms with Gasteiger partial charge in [-0.2, -0.15) is 0 Å². The Kier molecular flexibility index (Phi) is 6.76. The Labute approximate surface area is 173 Å². The van der Waals surface area contributed by atoms with Gasteiger partial charge in [-0.1, -0.05) is 30.6 Å². The average Bonchev–Trinajstić information content (AvgIpc) is 3.06.